The van der Waals surface area contributed by atoms with Crippen molar-refractivity contribution in [3.05, 3.63) is 0 Å². The van der Waals surface area contributed by atoms with Crippen LogP contribution in [0.5, 0.6) is 0 Å². The van der Waals surface area contributed by atoms with Gasteiger partial charge < -0.3 is 28.6 Å². The van der Waals surface area contributed by atoms with Crippen LogP contribution in [-0.2, 0) is 38.1 Å². The van der Waals surface area contributed by atoms with Crippen LogP contribution in [0.1, 0.15) is 300 Å². The summed E-state index contributed by atoms with van der Waals surface area (Å²) >= 11 is 0. The number of methoxy groups -OCH3 is 1. The third kappa shape index (κ3) is 53.8. The molecular formula is C61H121NO8. The smallest absolute Gasteiger partial charge is 0.306 e. The highest BCUT2D eigenvalue weighted by Crippen LogP contribution is 2.23. The van der Waals surface area contributed by atoms with E-state index < -0.39 is 0 Å². The summed E-state index contributed by atoms with van der Waals surface area (Å²) in [5.41, 5.74) is 0. The summed E-state index contributed by atoms with van der Waals surface area (Å²) in [4.78, 5) is 46.7. The van der Waals surface area contributed by atoms with Crippen molar-refractivity contribution in [2.24, 2.45) is 17.8 Å². The number of hydrogen-bond donors (Lipinski definition) is 0. The maximum Gasteiger partial charge on any atom is 0.306 e. The van der Waals surface area contributed by atoms with Gasteiger partial charge in [-0.3, -0.25) is 14.4 Å². The summed E-state index contributed by atoms with van der Waals surface area (Å²) in [6.07, 6.45) is 44.2. The Balaban J connectivity index is -0.00000106. The molecule has 0 aliphatic carbocycles. The summed E-state index contributed by atoms with van der Waals surface area (Å²) < 4.78 is 21.4. The zero-order valence-corrected chi connectivity index (χ0v) is 48.5. The number of esters is 2. The molecule has 1 aliphatic rings. The number of unbranched alkanes of at least 4 members (excludes halogenated alkanes) is 20. The first-order chi connectivity index (χ1) is 34.1. The van der Waals surface area contributed by atoms with Gasteiger partial charge in [-0.25, -0.2) is 0 Å². The van der Waals surface area contributed by atoms with E-state index in [1.54, 1.807) is 7.11 Å². The molecule has 1 heterocycles. The van der Waals surface area contributed by atoms with Gasteiger partial charge in [0.25, 0.3) is 6.47 Å². The van der Waals surface area contributed by atoms with Gasteiger partial charge in [0.1, 0.15) is 12.4 Å². The fourth-order valence-corrected chi connectivity index (χ4v) is 8.91. The minimum absolute atomic E-state index is 0.000800. The predicted octanol–water partition coefficient (Wildman–Crippen LogP) is 17.6. The molecule has 9 nitrogen and oxygen atoms in total. The van der Waals surface area contributed by atoms with Gasteiger partial charge in [0.15, 0.2) is 0 Å². The van der Waals surface area contributed by atoms with Crippen LogP contribution in [-0.4, -0.2) is 81.8 Å². The Labute approximate surface area is 436 Å². The number of carbonyl (C=O) groups excluding carboxylic acids is 4. The molecule has 2 unspecified atom stereocenters. The van der Waals surface area contributed by atoms with Crippen molar-refractivity contribution in [2.45, 2.75) is 312 Å². The minimum Gasteiger partial charge on any atom is -0.468 e. The third-order valence-corrected chi connectivity index (χ3v) is 14.0. The van der Waals surface area contributed by atoms with Crippen molar-refractivity contribution < 1.29 is 38.1 Å². The molecule has 1 fully saturated rings. The summed E-state index contributed by atoms with van der Waals surface area (Å²) in [7, 11) is 1.80. The maximum absolute atomic E-state index is 12.3. The van der Waals surface area contributed by atoms with Crippen LogP contribution in [0.2, 0.25) is 0 Å². The normalized spacial score (nSPS) is 13.8. The Bertz CT molecular complexity index is 1050. The summed E-state index contributed by atoms with van der Waals surface area (Å²) in [6, 6.07) is 0. The second-order valence-electron chi connectivity index (χ2n) is 20.7. The highest BCUT2D eigenvalue weighted by atomic mass is 16.5. The molecule has 0 spiro atoms. The van der Waals surface area contributed by atoms with Gasteiger partial charge in [0.05, 0.1) is 19.3 Å². The molecule has 0 N–H and O–H groups in total. The van der Waals surface area contributed by atoms with Crippen molar-refractivity contribution >= 4 is 24.7 Å². The molecular weight excluding hydrogens is 875 g/mol. The molecule has 0 saturated carbocycles. The minimum atomic E-state index is -0.0127. The zero-order chi connectivity index (χ0) is 52.6. The van der Waals surface area contributed by atoms with Crippen molar-refractivity contribution in [2.75, 3.05) is 40.0 Å². The largest absolute Gasteiger partial charge is 0.468 e. The first kappa shape index (κ1) is 72.2. The monoisotopic (exact) mass is 996 g/mol. The molecule has 0 aromatic rings. The lowest BCUT2D eigenvalue weighted by Gasteiger charge is -2.18. The van der Waals surface area contributed by atoms with Gasteiger partial charge in [-0.05, 0) is 101 Å². The van der Waals surface area contributed by atoms with E-state index in [0.717, 1.165) is 115 Å². The van der Waals surface area contributed by atoms with E-state index in [9.17, 15) is 19.2 Å². The summed E-state index contributed by atoms with van der Waals surface area (Å²) in [6.45, 7) is 24.6. The van der Waals surface area contributed by atoms with E-state index in [1.165, 1.54) is 141 Å². The quantitative estimate of drug-likeness (QED) is 0.0255. The van der Waals surface area contributed by atoms with Crippen molar-refractivity contribution in [1.29, 1.82) is 0 Å². The predicted molar refractivity (Wildman–Crippen MR) is 299 cm³/mol. The van der Waals surface area contributed by atoms with Crippen LogP contribution in [0.4, 0.5) is 0 Å². The summed E-state index contributed by atoms with van der Waals surface area (Å²) in [5.74, 6) is 2.22. The fourth-order valence-electron chi connectivity index (χ4n) is 8.91. The van der Waals surface area contributed by atoms with Crippen LogP contribution in [0.25, 0.3) is 0 Å². The average Bonchev–Trinajstić information content (AvgIpc) is 3.83. The van der Waals surface area contributed by atoms with Gasteiger partial charge in [0.2, 0.25) is 0 Å². The molecule has 0 radical (unpaired) electrons. The molecule has 9 heteroatoms. The average molecular weight is 997 g/mol. The molecule has 0 bridgehead atoms. The van der Waals surface area contributed by atoms with Gasteiger partial charge in [-0.1, -0.05) is 204 Å². The second-order valence-corrected chi connectivity index (χ2v) is 20.7. The molecule has 1 rings (SSSR count). The van der Waals surface area contributed by atoms with Crippen LogP contribution in [0, 0.1) is 17.8 Å². The van der Waals surface area contributed by atoms with E-state index in [-0.39, 0.29) is 18.0 Å². The van der Waals surface area contributed by atoms with Gasteiger partial charge >= 0.3 is 11.9 Å². The Morgan fingerprint density at radius 1 is 0.557 bits per heavy atom. The van der Waals surface area contributed by atoms with Crippen molar-refractivity contribution in [3.63, 3.8) is 0 Å². The van der Waals surface area contributed by atoms with Gasteiger partial charge in [0, 0.05) is 39.5 Å². The molecule has 418 valence electrons. The van der Waals surface area contributed by atoms with E-state index in [1.807, 2.05) is 13.8 Å². The molecule has 0 aromatic heterocycles. The fraction of sp³-hybridized carbons (Fsp3) is 0.934. The van der Waals surface area contributed by atoms with Crippen LogP contribution < -0.4 is 0 Å². The third-order valence-electron chi connectivity index (χ3n) is 14.0. The standard InChI is InChI=1S/C26H50O4.C25H49NO3.C8H16O.C2H6/c1-3-5-7-9-12-16-20-25(21-17-13-10-8-6-4-2)30-26(28)22-18-14-11-15-19-23-29-24-27;1-4-6-9-14-23(15-10-7-5-2)16-13-21-29-25(27)17-11-8-12-19-26-20-18-24(22-26)28-3;1-7(2)8(3)5-4-6-9;1-2/h24-25H,3-23H2,1-2H3;23-24H,4-22H2,1-3H3;6-8H,4-5H2,1-3H3;1-2H3. The number of ether oxygens (including phenoxy) is 4. The number of aldehydes is 1. The van der Waals surface area contributed by atoms with Crippen molar-refractivity contribution in [1.82, 2.24) is 4.90 Å². The molecule has 1 saturated heterocycles. The van der Waals surface area contributed by atoms with E-state index in [4.69, 9.17) is 14.2 Å². The van der Waals surface area contributed by atoms with Crippen LogP contribution in [0.15, 0.2) is 0 Å². The Kier molecular flexibility index (Phi) is 61.5. The molecule has 1 aliphatic heterocycles. The highest BCUT2D eigenvalue weighted by Gasteiger charge is 2.21. The SMILES string of the molecule is CC.CC(C)C(C)CCC=O.CCCCCC(CCCCC)CCCOC(=O)CCCCCN1CCC(OC)C1.CCCCCCCCC(CCCCCCCC)OC(=O)CCCCCCCOC=O. The lowest BCUT2D eigenvalue weighted by Crippen LogP contribution is -2.23. The topological polar surface area (TPSA) is 108 Å². The van der Waals surface area contributed by atoms with E-state index in [2.05, 4.69) is 58.1 Å². The summed E-state index contributed by atoms with van der Waals surface area (Å²) in [5, 5.41) is 0. The highest BCUT2D eigenvalue weighted by molar-refractivity contribution is 5.69. The van der Waals surface area contributed by atoms with Crippen LogP contribution >= 0.6 is 0 Å². The lowest BCUT2D eigenvalue weighted by atomic mass is 9.91. The Hall–Kier alpha value is -2.00. The number of carbonyl (C=O) groups is 4. The Morgan fingerprint density at radius 3 is 1.54 bits per heavy atom. The molecule has 70 heavy (non-hydrogen) atoms. The van der Waals surface area contributed by atoms with Gasteiger partial charge in [-0.15, -0.1) is 0 Å². The first-order valence-corrected chi connectivity index (χ1v) is 30.2. The molecule has 0 aromatic carbocycles. The van der Waals surface area contributed by atoms with Gasteiger partial charge in [-0.2, -0.15) is 0 Å². The molecule has 2 atom stereocenters. The first-order valence-electron chi connectivity index (χ1n) is 30.2. The number of rotatable bonds is 47. The van der Waals surface area contributed by atoms with Crippen molar-refractivity contribution in [3.8, 4) is 0 Å². The van der Waals surface area contributed by atoms with E-state index in [0.29, 0.717) is 50.5 Å². The number of likely N-dealkylation sites (tertiary alicyclic amines) is 1. The molecule has 0 amide bonds. The number of hydrogen-bond acceptors (Lipinski definition) is 9. The maximum atomic E-state index is 12.3. The van der Waals surface area contributed by atoms with Crippen LogP contribution in [0.3, 0.4) is 0 Å². The number of nitrogens with zero attached hydrogens (tertiary/aromatic N) is 1. The lowest BCUT2D eigenvalue weighted by molar-refractivity contribution is -0.150. The zero-order valence-electron chi connectivity index (χ0n) is 48.5. The second kappa shape index (κ2) is 59.6. The Morgan fingerprint density at radius 2 is 1.03 bits per heavy atom. The van der Waals surface area contributed by atoms with E-state index >= 15 is 0 Å².